The molecule has 6 heteroatoms. The van der Waals surface area contributed by atoms with Gasteiger partial charge in [-0.2, -0.15) is 0 Å². The molecule has 0 saturated heterocycles. The first kappa shape index (κ1) is 18.6. The normalized spacial score (nSPS) is 15.6. The molecule has 2 N–H and O–H groups in total. The second kappa shape index (κ2) is 8.01. The second-order valence-electron chi connectivity index (χ2n) is 6.75. The van der Waals surface area contributed by atoms with E-state index >= 15 is 0 Å². The molecule has 0 radical (unpaired) electrons. The van der Waals surface area contributed by atoms with Crippen LogP contribution < -0.4 is 10.0 Å². The Hall–Kier alpha value is -2.18. The summed E-state index contributed by atoms with van der Waals surface area (Å²) in [6, 6.07) is 13.7. The third-order valence-corrected chi connectivity index (χ3v) is 6.24. The Balaban J connectivity index is 1.73. The Labute approximate surface area is 154 Å². The molecular weight excluding hydrogens is 348 g/mol. The van der Waals surface area contributed by atoms with Crippen molar-refractivity contribution in [1.82, 2.24) is 4.72 Å². The van der Waals surface area contributed by atoms with Gasteiger partial charge in [-0.05, 0) is 55.7 Å². The number of carbonyl (C=O) groups is 1. The fourth-order valence-electron chi connectivity index (χ4n) is 3.24. The van der Waals surface area contributed by atoms with E-state index in [1.807, 2.05) is 6.07 Å². The maximum absolute atomic E-state index is 12.6. The molecule has 2 aromatic carbocycles. The molecule has 5 nitrogen and oxygen atoms in total. The second-order valence-corrected chi connectivity index (χ2v) is 8.47. The SMILES string of the molecule is Cc1cc(S(=O)(=O)NC2CCCCC2)ccc1NC(=O)c1ccccc1. The van der Waals surface area contributed by atoms with Crippen molar-refractivity contribution in [2.75, 3.05) is 5.32 Å². The monoisotopic (exact) mass is 372 g/mol. The van der Waals surface area contributed by atoms with E-state index in [1.54, 1.807) is 49.4 Å². The average Bonchev–Trinajstić information content (AvgIpc) is 2.64. The Morgan fingerprint density at radius 1 is 1.00 bits per heavy atom. The molecule has 0 unspecified atom stereocenters. The summed E-state index contributed by atoms with van der Waals surface area (Å²) in [5, 5.41) is 2.83. The largest absolute Gasteiger partial charge is 0.322 e. The van der Waals surface area contributed by atoms with Gasteiger partial charge in [-0.1, -0.05) is 37.5 Å². The third-order valence-electron chi connectivity index (χ3n) is 4.72. The lowest BCUT2D eigenvalue weighted by Gasteiger charge is -2.22. The van der Waals surface area contributed by atoms with Crippen LogP contribution in [0.15, 0.2) is 53.4 Å². The Morgan fingerprint density at radius 2 is 1.69 bits per heavy atom. The van der Waals surface area contributed by atoms with E-state index in [9.17, 15) is 13.2 Å². The summed E-state index contributed by atoms with van der Waals surface area (Å²) < 4.78 is 28.0. The van der Waals surface area contributed by atoms with Gasteiger partial charge in [0.1, 0.15) is 0 Å². The van der Waals surface area contributed by atoms with Crippen LogP contribution in [-0.4, -0.2) is 20.4 Å². The van der Waals surface area contributed by atoms with Crippen LogP contribution in [0, 0.1) is 6.92 Å². The topological polar surface area (TPSA) is 75.3 Å². The lowest BCUT2D eigenvalue weighted by molar-refractivity contribution is 0.102. The first-order chi connectivity index (χ1) is 12.5. The maximum atomic E-state index is 12.6. The minimum Gasteiger partial charge on any atom is -0.322 e. The molecule has 1 fully saturated rings. The van der Waals surface area contributed by atoms with Crippen molar-refractivity contribution < 1.29 is 13.2 Å². The average molecular weight is 372 g/mol. The van der Waals surface area contributed by atoms with E-state index < -0.39 is 10.0 Å². The van der Waals surface area contributed by atoms with Gasteiger partial charge < -0.3 is 5.32 Å². The molecule has 1 saturated carbocycles. The standard InChI is InChI=1S/C20H24N2O3S/c1-15-14-18(26(24,25)22-17-10-6-3-7-11-17)12-13-19(15)21-20(23)16-8-4-2-5-9-16/h2,4-5,8-9,12-14,17,22H,3,6-7,10-11H2,1H3,(H,21,23). The first-order valence-electron chi connectivity index (χ1n) is 8.95. The molecule has 0 aliphatic heterocycles. The van der Waals surface area contributed by atoms with Gasteiger partial charge >= 0.3 is 0 Å². The van der Waals surface area contributed by atoms with Crippen molar-refractivity contribution >= 4 is 21.6 Å². The summed E-state index contributed by atoms with van der Waals surface area (Å²) in [6.45, 7) is 1.79. The van der Waals surface area contributed by atoms with Crippen molar-refractivity contribution in [2.45, 2.75) is 50.0 Å². The number of carbonyl (C=O) groups excluding carboxylic acids is 1. The highest BCUT2D eigenvalue weighted by Gasteiger charge is 2.22. The quantitative estimate of drug-likeness (QED) is 0.837. The van der Waals surface area contributed by atoms with E-state index in [2.05, 4.69) is 10.0 Å². The zero-order valence-corrected chi connectivity index (χ0v) is 15.7. The lowest BCUT2D eigenvalue weighted by atomic mass is 9.96. The highest BCUT2D eigenvalue weighted by Crippen LogP contribution is 2.23. The van der Waals surface area contributed by atoms with Crippen molar-refractivity contribution in [3.8, 4) is 0 Å². The molecule has 0 atom stereocenters. The fourth-order valence-corrected chi connectivity index (χ4v) is 4.63. The smallest absolute Gasteiger partial charge is 0.255 e. The maximum Gasteiger partial charge on any atom is 0.255 e. The molecule has 1 aliphatic rings. The van der Waals surface area contributed by atoms with Crippen molar-refractivity contribution in [3.63, 3.8) is 0 Å². The van der Waals surface area contributed by atoms with Gasteiger partial charge in [-0.3, -0.25) is 4.79 Å². The number of hydrogen-bond donors (Lipinski definition) is 2. The van der Waals surface area contributed by atoms with Crippen LogP contribution in [0.1, 0.15) is 48.0 Å². The van der Waals surface area contributed by atoms with Crippen LogP contribution in [-0.2, 0) is 10.0 Å². The van der Waals surface area contributed by atoms with Gasteiger partial charge in [0.25, 0.3) is 5.91 Å². The van der Waals surface area contributed by atoms with Gasteiger partial charge in [-0.15, -0.1) is 0 Å². The Morgan fingerprint density at radius 3 is 2.35 bits per heavy atom. The number of rotatable bonds is 5. The number of amides is 1. The predicted molar refractivity (Wildman–Crippen MR) is 103 cm³/mol. The van der Waals surface area contributed by atoms with E-state index in [4.69, 9.17) is 0 Å². The Bertz CT molecular complexity index is 873. The van der Waals surface area contributed by atoms with Gasteiger partial charge in [0.05, 0.1) is 4.90 Å². The van der Waals surface area contributed by atoms with Crippen LogP contribution in [0.25, 0.3) is 0 Å². The molecule has 138 valence electrons. The van der Waals surface area contributed by atoms with Crippen LogP contribution in [0.3, 0.4) is 0 Å². The van der Waals surface area contributed by atoms with Crippen molar-refractivity contribution in [1.29, 1.82) is 0 Å². The lowest BCUT2D eigenvalue weighted by Crippen LogP contribution is -2.36. The Kier molecular flexibility index (Phi) is 5.74. The summed E-state index contributed by atoms with van der Waals surface area (Å²) in [5.74, 6) is -0.218. The first-order valence-corrected chi connectivity index (χ1v) is 10.4. The van der Waals surface area contributed by atoms with E-state index in [-0.39, 0.29) is 16.8 Å². The van der Waals surface area contributed by atoms with E-state index in [1.165, 1.54) is 6.42 Å². The highest BCUT2D eigenvalue weighted by molar-refractivity contribution is 7.89. The summed E-state index contributed by atoms with van der Waals surface area (Å²) in [7, 11) is -3.54. The van der Waals surface area contributed by atoms with Gasteiger partial charge in [0.15, 0.2) is 0 Å². The summed E-state index contributed by atoms with van der Waals surface area (Å²) in [6.07, 6.45) is 5.09. The predicted octanol–water partition coefficient (Wildman–Crippen LogP) is 3.86. The molecule has 0 aromatic heterocycles. The third kappa shape index (κ3) is 4.51. The number of sulfonamides is 1. The molecule has 0 spiro atoms. The zero-order chi connectivity index (χ0) is 18.6. The molecule has 3 rings (SSSR count). The van der Waals surface area contributed by atoms with Gasteiger partial charge in [0.2, 0.25) is 10.0 Å². The number of nitrogens with one attached hydrogen (secondary N) is 2. The van der Waals surface area contributed by atoms with Crippen molar-refractivity contribution in [2.24, 2.45) is 0 Å². The van der Waals surface area contributed by atoms with Crippen molar-refractivity contribution in [3.05, 3.63) is 59.7 Å². The molecule has 0 heterocycles. The minimum atomic E-state index is -3.54. The summed E-state index contributed by atoms with van der Waals surface area (Å²) >= 11 is 0. The molecule has 1 amide bonds. The van der Waals surface area contributed by atoms with Gasteiger partial charge in [-0.25, -0.2) is 13.1 Å². The molecule has 0 bridgehead atoms. The number of hydrogen-bond acceptors (Lipinski definition) is 3. The van der Waals surface area contributed by atoms with Crippen LogP contribution in [0.4, 0.5) is 5.69 Å². The van der Waals surface area contributed by atoms with E-state index in [0.717, 1.165) is 25.7 Å². The zero-order valence-electron chi connectivity index (χ0n) is 14.9. The van der Waals surface area contributed by atoms with Crippen LogP contribution >= 0.6 is 0 Å². The van der Waals surface area contributed by atoms with Gasteiger partial charge in [0, 0.05) is 17.3 Å². The molecular formula is C20H24N2O3S. The molecule has 2 aromatic rings. The highest BCUT2D eigenvalue weighted by atomic mass is 32.2. The number of aryl methyl sites for hydroxylation is 1. The summed E-state index contributed by atoms with van der Waals surface area (Å²) in [4.78, 5) is 12.5. The number of benzene rings is 2. The fraction of sp³-hybridized carbons (Fsp3) is 0.350. The van der Waals surface area contributed by atoms with E-state index in [0.29, 0.717) is 16.8 Å². The molecule has 1 aliphatic carbocycles. The number of anilines is 1. The summed E-state index contributed by atoms with van der Waals surface area (Å²) in [5.41, 5.74) is 1.87. The molecule has 26 heavy (non-hydrogen) atoms. The van der Waals surface area contributed by atoms with Crippen LogP contribution in [0.2, 0.25) is 0 Å². The minimum absolute atomic E-state index is 0.0199. The van der Waals surface area contributed by atoms with Crippen LogP contribution in [0.5, 0.6) is 0 Å².